The fourth-order valence-electron chi connectivity index (χ4n) is 2.70. The summed E-state index contributed by atoms with van der Waals surface area (Å²) in [4.78, 5) is 17.3. The molecule has 4 nitrogen and oxygen atoms in total. The smallest absolute Gasteiger partial charge is 0.264 e. The molecule has 1 amide bonds. The van der Waals surface area contributed by atoms with Crippen LogP contribution in [0.5, 0.6) is 0 Å². The number of hydrogen-bond acceptors (Lipinski definition) is 3. The molecule has 0 radical (unpaired) electrons. The monoisotopic (exact) mass is 325 g/mol. The van der Waals surface area contributed by atoms with Gasteiger partial charge in [0, 0.05) is 17.9 Å². The number of nitrogens with zero attached hydrogens (tertiary/aromatic N) is 2. The number of amides is 1. The van der Waals surface area contributed by atoms with Gasteiger partial charge in [-0.2, -0.15) is 0 Å². The van der Waals surface area contributed by atoms with Crippen molar-refractivity contribution >= 4 is 34.6 Å². The van der Waals surface area contributed by atoms with Gasteiger partial charge in [-0.1, -0.05) is 18.2 Å². The first kappa shape index (κ1) is 15.6. The van der Waals surface area contributed by atoms with Crippen molar-refractivity contribution in [3.8, 4) is 0 Å². The molecule has 1 aromatic carbocycles. The van der Waals surface area contributed by atoms with Gasteiger partial charge in [0.25, 0.3) is 5.91 Å². The van der Waals surface area contributed by atoms with Crippen molar-refractivity contribution in [2.75, 3.05) is 0 Å². The van der Waals surface area contributed by atoms with E-state index in [1.54, 1.807) is 0 Å². The van der Waals surface area contributed by atoms with Crippen LogP contribution in [-0.4, -0.2) is 15.6 Å². The lowest BCUT2D eigenvalue weighted by Crippen LogP contribution is -2.19. The van der Waals surface area contributed by atoms with Crippen LogP contribution in [0.3, 0.4) is 0 Å². The van der Waals surface area contributed by atoms with Crippen LogP contribution in [0, 0.1) is 13.8 Å². The first-order chi connectivity index (χ1) is 11.1. The van der Waals surface area contributed by atoms with Crippen molar-refractivity contribution in [2.24, 2.45) is 4.99 Å². The molecule has 0 unspecified atom stereocenters. The predicted molar refractivity (Wildman–Crippen MR) is 96.8 cm³/mol. The van der Waals surface area contributed by atoms with Crippen LogP contribution in [0.15, 0.2) is 46.3 Å². The summed E-state index contributed by atoms with van der Waals surface area (Å²) < 4.78 is 2.24. The van der Waals surface area contributed by atoms with Crippen molar-refractivity contribution in [3.63, 3.8) is 0 Å². The van der Waals surface area contributed by atoms with Gasteiger partial charge in [0.1, 0.15) is 0 Å². The summed E-state index contributed by atoms with van der Waals surface area (Å²) in [6, 6.07) is 11.7. The van der Waals surface area contributed by atoms with Gasteiger partial charge >= 0.3 is 0 Å². The molecule has 1 fully saturated rings. The Morgan fingerprint density at radius 2 is 2.00 bits per heavy atom. The van der Waals surface area contributed by atoms with Gasteiger partial charge in [0.05, 0.1) is 10.6 Å². The molecular formula is C18H19N3OS. The lowest BCUT2D eigenvalue weighted by Gasteiger charge is -2.04. The summed E-state index contributed by atoms with van der Waals surface area (Å²) in [7, 11) is 0. The summed E-state index contributed by atoms with van der Waals surface area (Å²) in [6.07, 6.45) is 1.95. The molecule has 3 rings (SSSR count). The molecule has 1 saturated heterocycles. The summed E-state index contributed by atoms with van der Waals surface area (Å²) in [6.45, 7) is 7.22. The Bertz CT molecular complexity index is 803. The highest BCUT2D eigenvalue weighted by Crippen LogP contribution is 2.29. The molecule has 2 heterocycles. The van der Waals surface area contributed by atoms with Gasteiger partial charge in [0.15, 0.2) is 5.17 Å². The lowest BCUT2D eigenvalue weighted by molar-refractivity contribution is -0.115. The maximum Gasteiger partial charge on any atom is 0.264 e. The SMILES string of the molecule is CCn1c(C)cc(/C=C2\SC(=Nc3ccccc3)NC2=O)c1C. The van der Waals surface area contributed by atoms with Crippen LogP contribution in [0.4, 0.5) is 5.69 Å². The number of nitrogens with one attached hydrogen (secondary N) is 1. The maximum absolute atomic E-state index is 12.2. The van der Waals surface area contributed by atoms with Gasteiger partial charge in [-0.3, -0.25) is 4.79 Å². The highest BCUT2D eigenvalue weighted by atomic mass is 32.2. The number of aromatic nitrogens is 1. The largest absolute Gasteiger partial charge is 0.349 e. The first-order valence-corrected chi connectivity index (χ1v) is 8.41. The number of amidine groups is 1. The highest BCUT2D eigenvalue weighted by molar-refractivity contribution is 8.18. The van der Waals surface area contributed by atoms with E-state index in [-0.39, 0.29) is 5.91 Å². The predicted octanol–water partition coefficient (Wildman–Crippen LogP) is 4.02. The third-order valence-corrected chi connectivity index (χ3v) is 4.76. The molecule has 1 N–H and O–H groups in total. The summed E-state index contributed by atoms with van der Waals surface area (Å²) in [5.41, 5.74) is 4.31. The second kappa shape index (κ2) is 6.46. The van der Waals surface area contributed by atoms with E-state index in [1.807, 2.05) is 36.4 Å². The Balaban J connectivity index is 1.87. The van der Waals surface area contributed by atoms with E-state index in [1.165, 1.54) is 23.1 Å². The van der Waals surface area contributed by atoms with E-state index in [0.717, 1.165) is 17.8 Å². The van der Waals surface area contributed by atoms with E-state index >= 15 is 0 Å². The van der Waals surface area contributed by atoms with Gasteiger partial charge in [-0.25, -0.2) is 4.99 Å². The number of aliphatic imine (C=N–C) groups is 1. The molecule has 23 heavy (non-hydrogen) atoms. The Labute approximate surface area is 140 Å². The second-order valence-corrected chi connectivity index (χ2v) is 6.42. The fraction of sp³-hybridized carbons (Fsp3) is 0.222. The first-order valence-electron chi connectivity index (χ1n) is 7.60. The van der Waals surface area contributed by atoms with Gasteiger partial charge < -0.3 is 9.88 Å². The minimum Gasteiger partial charge on any atom is -0.349 e. The fourth-order valence-corrected chi connectivity index (χ4v) is 3.53. The number of para-hydroxylation sites is 1. The van der Waals surface area contributed by atoms with E-state index in [4.69, 9.17) is 0 Å². The number of carbonyl (C=O) groups is 1. The van der Waals surface area contributed by atoms with E-state index < -0.39 is 0 Å². The standard InChI is InChI=1S/C18H19N3OS/c1-4-21-12(2)10-14(13(21)3)11-16-17(22)20-18(23-16)19-15-8-6-5-7-9-15/h5-11H,4H2,1-3H3,(H,19,20,22)/b16-11-. The molecule has 5 heteroatoms. The number of carbonyl (C=O) groups excluding carboxylic acids is 1. The van der Waals surface area contributed by atoms with Crippen molar-refractivity contribution < 1.29 is 4.79 Å². The third-order valence-electron chi connectivity index (χ3n) is 3.85. The van der Waals surface area contributed by atoms with Crippen molar-refractivity contribution in [1.82, 2.24) is 9.88 Å². The van der Waals surface area contributed by atoms with Gasteiger partial charge in [-0.05, 0) is 62.4 Å². The molecule has 0 bridgehead atoms. The Morgan fingerprint density at radius 3 is 2.65 bits per heavy atom. The average molecular weight is 325 g/mol. The zero-order chi connectivity index (χ0) is 16.4. The van der Waals surface area contributed by atoms with Crippen LogP contribution in [0.25, 0.3) is 6.08 Å². The Morgan fingerprint density at radius 1 is 1.26 bits per heavy atom. The number of rotatable bonds is 3. The van der Waals surface area contributed by atoms with E-state index in [0.29, 0.717) is 10.1 Å². The number of benzene rings is 1. The van der Waals surface area contributed by atoms with Gasteiger partial charge in [0.2, 0.25) is 0 Å². The molecule has 118 valence electrons. The van der Waals surface area contributed by atoms with Crippen molar-refractivity contribution in [3.05, 3.63) is 58.3 Å². The zero-order valence-corrected chi connectivity index (χ0v) is 14.3. The second-order valence-electron chi connectivity index (χ2n) is 5.39. The average Bonchev–Trinajstić information content (AvgIpc) is 3.00. The van der Waals surface area contributed by atoms with E-state index in [9.17, 15) is 4.79 Å². The van der Waals surface area contributed by atoms with Crippen LogP contribution >= 0.6 is 11.8 Å². The highest BCUT2D eigenvalue weighted by Gasteiger charge is 2.24. The van der Waals surface area contributed by atoms with Gasteiger partial charge in [-0.15, -0.1) is 0 Å². The van der Waals surface area contributed by atoms with Crippen LogP contribution in [0.1, 0.15) is 23.9 Å². The summed E-state index contributed by atoms with van der Waals surface area (Å²) in [5.74, 6) is -0.0917. The van der Waals surface area contributed by atoms with Crippen LogP contribution in [-0.2, 0) is 11.3 Å². The molecular weight excluding hydrogens is 306 g/mol. The van der Waals surface area contributed by atoms with Crippen LogP contribution < -0.4 is 5.32 Å². The molecule has 0 aliphatic carbocycles. The molecule has 0 saturated carbocycles. The normalized spacial score (nSPS) is 18.0. The third kappa shape index (κ3) is 3.24. The summed E-state index contributed by atoms with van der Waals surface area (Å²) >= 11 is 1.38. The quantitative estimate of drug-likeness (QED) is 0.867. The van der Waals surface area contributed by atoms with Crippen LogP contribution in [0.2, 0.25) is 0 Å². The topological polar surface area (TPSA) is 46.4 Å². The number of aryl methyl sites for hydroxylation is 1. The van der Waals surface area contributed by atoms with E-state index in [2.05, 4.69) is 41.7 Å². The number of thioether (sulfide) groups is 1. The maximum atomic E-state index is 12.2. The molecule has 1 aliphatic rings. The Hall–Kier alpha value is -2.27. The number of hydrogen-bond donors (Lipinski definition) is 1. The minimum atomic E-state index is -0.0917. The van der Waals surface area contributed by atoms with Crippen molar-refractivity contribution in [1.29, 1.82) is 0 Å². The molecule has 1 aromatic heterocycles. The molecule has 2 aromatic rings. The van der Waals surface area contributed by atoms with Crippen molar-refractivity contribution in [2.45, 2.75) is 27.3 Å². The molecule has 0 atom stereocenters. The lowest BCUT2D eigenvalue weighted by atomic mass is 10.2. The molecule has 1 aliphatic heterocycles. The zero-order valence-electron chi connectivity index (χ0n) is 13.5. The molecule has 0 spiro atoms. The minimum absolute atomic E-state index is 0.0917. The Kier molecular flexibility index (Phi) is 4.39. The summed E-state index contributed by atoms with van der Waals surface area (Å²) in [5, 5.41) is 3.45.